The first kappa shape index (κ1) is 28.3. The Morgan fingerprint density at radius 3 is 2.63 bits per heavy atom. The fraction of sp³-hybridized carbons (Fsp3) is 0.344. The van der Waals surface area contributed by atoms with E-state index in [2.05, 4.69) is 21.3 Å². The van der Waals surface area contributed by atoms with Crippen molar-refractivity contribution in [2.24, 2.45) is 5.92 Å². The van der Waals surface area contributed by atoms with Crippen molar-refractivity contribution in [2.75, 3.05) is 18.0 Å². The number of pyridine rings is 1. The molecule has 2 aromatic carbocycles. The molecule has 2 N–H and O–H groups in total. The Hall–Kier alpha value is -4.82. The average Bonchev–Trinajstić information content (AvgIpc) is 3.36. The Morgan fingerprint density at radius 1 is 1.12 bits per heavy atom. The van der Waals surface area contributed by atoms with Crippen LogP contribution in [0.2, 0.25) is 0 Å². The molecule has 43 heavy (non-hydrogen) atoms. The highest BCUT2D eigenvalue weighted by molar-refractivity contribution is 6.05. The van der Waals surface area contributed by atoms with E-state index in [0.717, 1.165) is 5.82 Å². The van der Waals surface area contributed by atoms with Crippen molar-refractivity contribution >= 4 is 23.5 Å². The molecule has 1 aromatic heterocycles. The molecule has 2 fully saturated rings. The van der Waals surface area contributed by atoms with Crippen molar-refractivity contribution in [1.29, 1.82) is 5.26 Å². The molecule has 0 aliphatic carbocycles. The van der Waals surface area contributed by atoms with Gasteiger partial charge in [0.2, 0.25) is 11.8 Å². The van der Waals surface area contributed by atoms with Crippen LogP contribution in [0, 0.1) is 23.1 Å². The Bertz CT molecular complexity index is 1610. The molecule has 3 aromatic rings. The minimum atomic E-state index is -0.817. The SMILES string of the molecule is N#Cc1ccc(N2CCC(C(O)c3ccc(COc4cccc5c4CN([C@H]4CCC(=O)NC4=O)C5=O)c(F)c3)CC2)nc1. The molecular weight excluding hydrogens is 553 g/mol. The summed E-state index contributed by atoms with van der Waals surface area (Å²) in [7, 11) is 0. The molecule has 11 heteroatoms. The molecule has 10 nitrogen and oxygen atoms in total. The zero-order valence-electron chi connectivity index (χ0n) is 23.3. The van der Waals surface area contributed by atoms with Crippen LogP contribution in [0.5, 0.6) is 5.75 Å². The van der Waals surface area contributed by atoms with Gasteiger partial charge in [0, 0.05) is 42.4 Å². The number of hydrogen-bond acceptors (Lipinski definition) is 8. The summed E-state index contributed by atoms with van der Waals surface area (Å²) in [6, 6.07) is 14.6. The lowest BCUT2D eigenvalue weighted by Gasteiger charge is -2.35. The van der Waals surface area contributed by atoms with E-state index in [0.29, 0.717) is 59.5 Å². The maximum absolute atomic E-state index is 15.2. The molecule has 4 heterocycles. The lowest BCUT2D eigenvalue weighted by Crippen LogP contribution is -2.52. The normalized spacial score (nSPS) is 19.6. The number of aliphatic hydroxyl groups is 1. The minimum absolute atomic E-state index is 0.0344. The molecule has 3 amide bonds. The van der Waals surface area contributed by atoms with Crippen molar-refractivity contribution < 1.29 is 28.6 Å². The standard InChI is InChI=1S/C32H30FN5O5/c33-25-14-21(30(40)20-10-12-37(13-11-20)28-8-4-19(15-34)16-35-28)5-6-22(25)18-43-27-3-1-2-23-24(27)17-38(32(23)42)26-7-9-29(39)36-31(26)41/h1-6,8,14,16,20,26,30,40H,7,9-13,17-18H2,(H,36,39,41)/t26-,30?/m0/s1. The van der Waals surface area contributed by atoms with Gasteiger partial charge in [0.25, 0.3) is 5.91 Å². The minimum Gasteiger partial charge on any atom is -0.488 e. The quantitative estimate of drug-likeness (QED) is 0.404. The van der Waals surface area contributed by atoms with Crippen LogP contribution in [0.25, 0.3) is 0 Å². The van der Waals surface area contributed by atoms with Crippen molar-refractivity contribution in [3.8, 4) is 11.8 Å². The highest BCUT2D eigenvalue weighted by Gasteiger charge is 2.40. The van der Waals surface area contributed by atoms with Gasteiger partial charge in [0.05, 0.1) is 18.2 Å². The molecule has 220 valence electrons. The van der Waals surface area contributed by atoms with Gasteiger partial charge in [-0.05, 0) is 61.1 Å². The van der Waals surface area contributed by atoms with Gasteiger partial charge < -0.3 is 19.6 Å². The van der Waals surface area contributed by atoms with Crippen LogP contribution in [-0.4, -0.2) is 51.8 Å². The van der Waals surface area contributed by atoms with E-state index in [1.54, 1.807) is 42.6 Å². The second-order valence-electron chi connectivity index (χ2n) is 11.1. The molecule has 0 radical (unpaired) electrons. The third-order valence-electron chi connectivity index (χ3n) is 8.53. The largest absolute Gasteiger partial charge is 0.488 e. The highest BCUT2D eigenvalue weighted by atomic mass is 19.1. The van der Waals surface area contributed by atoms with Crippen molar-refractivity contribution in [3.63, 3.8) is 0 Å². The summed E-state index contributed by atoms with van der Waals surface area (Å²) in [4.78, 5) is 44.9. The van der Waals surface area contributed by atoms with Crippen LogP contribution in [0.1, 0.15) is 64.4 Å². The smallest absolute Gasteiger partial charge is 0.255 e. The van der Waals surface area contributed by atoms with Gasteiger partial charge in [-0.15, -0.1) is 0 Å². The van der Waals surface area contributed by atoms with E-state index in [-0.39, 0.29) is 43.7 Å². The number of anilines is 1. The number of fused-ring (bicyclic) bond motifs is 1. The monoisotopic (exact) mass is 583 g/mol. The number of nitrogens with one attached hydrogen (secondary N) is 1. The maximum Gasteiger partial charge on any atom is 0.255 e. The van der Waals surface area contributed by atoms with Crippen molar-refractivity contribution in [2.45, 2.75) is 51.0 Å². The van der Waals surface area contributed by atoms with E-state index in [1.165, 1.54) is 11.0 Å². The number of benzene rings is 2. The predicted molar refractivity (Wildman–Crippen MR) is 152 cm³/mol. The predicted octanol–water partition coefficient (Wildman–Crippen LogP) is 3.38. The van der Waals surface area contributed by atoms with Crippen LogP contribution >= 0.6 is 0 Å². The van der Waals surface area contributed by atoms with Crippen molar-refractivity contribution in [1.82, 2.24) is 15.2 Å². The number of carbonyl (C=O) groups is 3. The second-order valence-corrected chi connectivity index (χ2v) is 11.1. The fourth-order valence-electron chi connectivity index (χ4n) is 6.07. The van der Waals surface area contributed by atoms with Gasteiger partial charge in [-0.1, -0.05) is 18.2 Å². The third-order valence-corrected chi connectivity index (χ3v) is 8.53. The van der Waals surface area contributed by atoms with Crippen LogP contribution in [0.4, 0.5) is 10.2 Å². The van der Waals surface area contributed by atoms with Gasteiger partial charge in [-0.25, -0.2) is 9.37 Å². The summed E-state index contributed by atoms with van der Waals surface area (Å²) in [5.74, 6) is -0.459. The number of rotatable bonds is 7. The number of hydrogen-bond donors (Lipinski definition) is 2. The Kier molecular flexibility index (Phi) is 7.78. The second kappa shape index (κ2) is 11.8. The highest BCUT2D eigenvalue weighted by Crippen LogP contribution is 2.35. The first-order valence-corrected chi connectivity index (χ1v) is 14.3. The molecule has 3 aliphatic heterocycles. The summed E-state index contributed by atoms with van der Waals surface area (Å²) in [6.07, 6.45) is 2.58. The molecule has 2 atom stereocenters. The molecular formula is C32H30FN5O5. The number of carbonyl (C=O) groups excluding carboxylic acids is 3. The van der Waals surface area contributed by atoms with Crippen LogP contribution < -0.4 is 15.0 Å². The zero-order chi connectivity index (χ0) is 30.1. The lowest BCUT2D eigenvalue weighted by molar-refractivity contribution is -0.136. The van der Waals surface area contributed by atoms with E-state index in [4.69, 9.17) is 10.00 Å². The zero-order valence-corrected chi connectivity index (χ0v) is 23.3. The first-order chi connectivity index (χ1) is 20.8. The third kappa shape index (κ3) is 5.66. The molecule has 0 bridgehead atoms. The topological polar surface area (TPSA) is 136 Å². The summed E-state index contributed by atoms with van der Waals surface area (Å²) >= 11 is 0. The van der Waals surface area contributed by atoms with Gasteiger partial charge in [0.1, 0.15) is 36.1 Å². The average molecular weight is 584 g/mol. The number of nitriles is 1. The Balaban J connectivity index is 1.07. The van der Waals surface area contributed by atoms with Gasteiger partial charge >= 0.3 is 0 Å². The van der Waals surface area contributed by atoms with E-state index < -0.39 is 23.9 Å². The molecule has 0 spiro atoms. The van der Waals surface area contributed by atoms with Crippen LogP contribution in [-0.2, 0) is 22.7 Å². The van der Waals surface area contributed by atoms with Crippen LogP contribution in [0.15, 0.2) is 54.7 Å². The number of aromatic nitrogens is 1. The summed E-state index contributed by atoms with van der Waals surface area (Å²) in [5, 5.41) is 22.3. The van der Waals surface area contributed by atoms with Gasteiger partial charge in [0.15, 0.2) is 0 Å². The van der Waals surface area contributed by atoms with Gasteiger partial charge in [-0.3, -0.25) is 19.7 Å². The number of piperidine rings is 2. The van der Waals surface area contributed by atoms with Crippen molar-refractivity contribution in [3.05, 3.63) is 88.4 Å². The summed E-state index contributed by atoms with van der Waals surface area (Å²) < 4.78 is 21.1. The first-order valence-electron chi connectivity index (χ1n) is 14.3. The number of imide groups is 1. The van der Waals surface area contributed by atoms with Gasteiger partial charge in [-0.2, -0.15) is 5.26 Å². The number of ether oxygens (including phenoxy) is 1. The molecule has 1 unspecified atom stereocenters. The summed E-state index contributed by atoms with van der Waals surface area (Å²) in [6.45, 7) is 1.46. The molecule has 6 rings (SSSR count). The molecule has 2 saturated heterocycles. The molecule has 0 saturated carbocycles. The Labute approximate surface area is 247 Å². The fourth-order valence-corrected chi connectivity index (χ4v) is 6.07. The number of nitrogens with zero attached hydrogens (tertiary/aromatic N) is 4. The lowest BCUT2D eigenvalue weighted by atomic mass is 9.87. The van der Waals surface area contributed by atoms with E-state index in [9.17, 15) is 19.5 Å². The number of halogens is 1. The Morgan fingerprint density at radius 2 is 1.93 bits per heavy atom. The van der Waals surface area contributed by atoms with Crippen LogP contribution in [0.3, 0.4) is 0 Å². The maximum atomic E-state index is 15.2. The van der Waals surface area contributed by atoms with E-state index >= 15 is 4.39 Å². The number of aliphatic hydroxyl groups excluding tert-OH is 1. The van der Waals surface area contributed by atoms with E-state index in [1.807, 2.05) is 6.07 Å². The number of amides is 3. The molecule has 3 aliphatic rings. The summed E-state index contributed by atoms with van der Waals surface area (Å²) in [5.41, 5.74) is 2.35.